The molecule has 0 aliphatic carbocycles. The number of rotatable bonds is 6. The Balaban J connectivity index is 2.43. The summed E-state index contributed by atoms with van der Waals surface area (Å²) in [5, 5.41) is 3.24. The highest BCUT2D eigenvalue weighted by Gasteiger charge is 2.06. The normalized spacial score (nSPS) is 13.1. The van der Waals surface area contributed by atoms with Crippen LogP contribution in [-0.4, -0.2) is 19.8 Å². The second kappa shape index (κ2) is 6.55. The first kappa shape index (κ1) is 13.1. The lowest BCUT2D eigenvalue weighted by Crippen LogP contribution is -2.29. The van der Waals surface area contributed by atoms with Gasteiger partial charge in [-0.2, -0.15) is 0 Å². The molecule has 0 spiro atoms. The maximum Gasteiger partial charge on any atom is 0.263 e. The average molecular weight is 229 g/mol. The summed E-state index contributed by atoms with van der Waals surface area (Å²) >= 11 is 0. The molecular formula is C12H17F2NO. The third-order valence-electron chi connectivity index (χ3n) is 2.30. The molecule has 0 amide bonds. The van der Waals surface area contributed by atoms with Gasteiger partial charge in [-0.15, -0.1) is 0 Å². The molecule has 0 aliphatic heterocycles. The lowest BCUT2D eigenvalue weighted by Gasteiger charge is -2.12. The summed E-state index contributed by atoms with van der Waals surface area (Å²) < 4.78 is 29.5. The van der Waals surface area contributed by atoms with Crippen LogP contribution in [0.1, 0.15) is 24.5 Å². The zero-order chi connectivity index (χ0) is 12.0. The highest BCUT2D eigenvalue weighted by molar-refractivity contribution is 5.23. The number of hydrogen-bond acceptors (Lipinski definition) is 2. The van der Waals surface area contributed by atoms with Gasteiger partial charge in [0.1, 0.15) is 0 Å². The Labute approximate surface area is 94.6 Å². The van der Waals surface area contributed by atoms with E-state index < -0.39 is 6.43 Å². The van der Waals surface area contributed by atoms with Crippen molar-refractivity contribution in [1.82, 2.24) is 5.32 Å². The Kier molecular flexibility index (Phi) is 5.35. The van der Waals surface area contributed by atoms with Crippen LogP contribution in [0, 0.1) is 0 Å². The van der Waals surface area contributed by atoms with E-state index >= 15 is 0 Å². The van der Waals surface area contributed by atoms with Crippen LogP contribution in [0.4, 0.5) is 8.78 Å². The van der Waals surface area contributed by atoms with Crippen molar-refractivity contribution in [1.29, 1.82) is 0 Å². The van der Waals surface area contributed by atoms with Crippen molar-refractivity contribution in [2.24, 2.45) is 0 Å². The summed E-state index contributed by atoms with van der Waals surface area (Å²) in [4.78, 5) is 0. The predicted molar refractivity (Wildman–Crippen MR) is 59.6 cm³/mol. The molecule has 1 unspecified atom stereocenters. The van der Waals surface area contributed by atoms with E-state index in [0.29, 0.717) is 13.2 Å². The van der Waals surface area contributed by atoms with Crippen LogP contribution < -0.4 is 5.32 Å². The van der Waals surface area contributed by atoms with E-state index in [1.54, 1.807) is 19.2 Å². The van der Waals surface area contributed by atoms with Crippen LogP contribution in [0.2, 0.25) is 0 Å². The van der Waals surface area contributed by atoms with Gasteiger partial charge in [0.2, 0.25) is 0 Å². The first-order valence-corrected chi connectivity index (χ1v) is 5.22. The minimum absolute atomic E-state index is 0.0636. The lowest BCUT2D eigenvalue weighted by atomic mass is 10.1. The van der Waals surface area contributed by atoms with Crippen LogP contribution in [-0.2, 0) is 11.3 Å². The van der Waals surface area contributed by atoms with Gasteiger partial charge < -0.3 is 10.1 Å². The second-order valence-electron chi connectivity index (χ2n) is 3.78. The molecule has 16 heavy (non-hydrogen) atoms. The third-order valence-corrected chi connectivity index (χ3v) is 2.30. The molecule has 0 saturated heterocycles. The Morgan fingerprint density at radius 3 is 2.38 bits per heavy atom. The molecular weight excluding hydrogens is 212 g/mol. The van der Waals surface area contributed by atoms with Crippen molar-refractivity contribution in [3.63, 3.8) is 0 Å². The standard InChI is InChI=1S/C12H17F2NO/c1-9(8-16-2)15-7-10-3-5-11(6-4-10)12(13)14/h3-6,9,12,15H,7-8H2,1-2H3. The van der Waals surface area contributed by atoms with Gasteiger partial charge >= 0.3 is 0 Å². The fourth-order valence-corrected chi connectivity index (χ4v) is 1.38. The number of methoxy groups -OCH3 is 1. The summed E-state index contributed by atoms with van der Waals surface area (Å²) in [5.74, 6) is 0. The van der Waals surface area contributed by atoms with E-state index in [-0.39, 0.29) is 11.6 Å². The summed E-state index contributed by atoms with van der Waals surface area (Å²) in [6.45, 7) is 3.31. The Bertz CT molecular complexity index is 300. The average Bonchev–Trinajstić information content (AvgIpc) is 2.27. The van der Waals surface area contributed by atoms with Crippen molar-refractivity contribution in [3.8, 4) is 0 Å². The Morgan fingerprint density at radius 1 is 1.25 bits per heavy atom. The van der Waals surface area contributed by atoms with Gasteiger partial charge in [-0.3, -0.25) is 0 Å². The van der Waals surface area contributed by atoms with Gasteiger partial charge in [-0.25, -0.2) is 8.78 Å². The van der Waals surface area contributed by atoms with E-state index in [4.69, 9.17) is 4.74 Å². The molecule has 1 N–H and O–H groups in total. The number of halogens is 2. The van der Waals surface area contributed by atoms with Gasteiger partial charge in [0, 0.05) is 25.3 Å². The number of nitrogens with one attached hydrogen (secondary N) is 1. The Hall–Kier alpha value is -1.00. The lowest BCUT2D eigenvalue weighted by molar-refractivity contribution is 0.151. The smallest absolute Gasteiger partial charge is 0.263 e. The van der Waals surface area contributed by atoms with E-state index in [1.807, 2.05) is 6.92 Å². The molecule has 1 aromatic rings. The fourth-order valence-electron chi connectivity index (χ4n) is 1.38. The fraction of sp³-hybridized carbons (Fsp3) is 0.500. The molecule has 0 fully saturated rings. The molecule has 1 rings (SSSR count). The zero-order valence-electron chi connectivity index (χ0n) is 9.54. The molecule has 1 aromatic carbocycles. The van der Waals surface area contributed by atoms with Gasteiger partial charge in [-0.1, -0.05) is 24.3 Å². The molecule has 2 nitrogen and oxygen atoms in total. The van der Waals surface area contributed by atoms with Crippen molar-refractivity contribution >= 4 is 0 Å². The SMILES string of the molecule is COCC(C)NCc1ccc(C(F)F)cc1. The van der Waals surface area contributed by atoms with Crippen molar-refractivity contribution < 1.29 is 13.5 Å². The van der Waals surface area contributed by atoms with Gasteiger partial charge in [0.25, 0.3) is 6.43 Å². The van der Waals surface area contributed by atoms with E-state index in [0.717, 1.165) is 5.56 Å². The molecule has 0 bridgehead atoms. The third kappa shape index (κ3) is 4.24. The van der Waals surface area contributed by atoms with E-state index in [9.17, 15) is 8.78 Å². The van der Waals surface area contributed by atoms with Crippen LogP contribution in [0.15, 0.2) is 24.3 Å². The molecule has 0 aliphatic rings. The number of benzene rings is 1. The first-order chi connectivity index (χ1) is 7.63. The van der Waals surface area contributed by atoms with E-state index in [2.05, 4.69) is 5.32 Å². The highest BCUT2D eigenvalue weighted by Crippen LogP contribution is 2.18. The minimum Gasteiger partial charge on any atom is -0.383 e. The van der Waals surface area contributed by atoms with Crippen molar-refractivity contribution in [3.05, 3.63) is 35.4 Å². The monoisotopic (exact) mass is 229 g/mol. The summed E-state index contributed by atoms with van der Waals surface area (Å²) in [7, 11) is 1.65. The molecule has 90 valence electrons. The number of alkyl halides is 2. The van der Waals surface area contributed by atoms with Crippen LogP contribution in [0.3, 0.4) is 0 Å². The first-order valence-electron chi connectivity index (χ1n) is 5.22. The maximum atomic E-state index is 12.3. The van der Waals surface area contributed by atoms with Crippen molar-refractivity contribution in [2.45, 2.75) is 25.9 Å². The summed E-state index contributed by atoms with van der Waals surface area (Å²) in [5.41, 5.74) is 1.06. The summed E-state index contributed by atoms with van der Waals surface area (Å²) in [6.07, 6.45) is -2.39. The zero-order valence-corrected chi connectivity index (χ0v) is 9.54. The molecule has 0 heterocycles. The second-order valence-corrected chi connectivity index (χ2v) is 3.78. The topological polar surface area (TPSA) is 21.3 Å². The van der Waals surface area contributed by atoms with E-state index in [1.165, 1.54) is 12.1 Å². The van der Waals surface area contributed by atoms with Crippen LogP contribution >= 0.6 is 0 Å². The predicted octanol–water partition coefficient (Wildman–Crippen LogP) is 2.75. The Morgan fingerprint density at radius 2 is 1.88 bits per heavy atom. The molecule has 4 heteroatoms. The van der Waals surface area contributed by atoms with Gasteiger partial charge in [0.15, 0.2) is 0 Å². The quantitative estimate of drug-likeness (QED) is 0.809. The molecule has 0 aromatic heterocycles. The van der Waals surface area contributed by atoms with Crippen LogP contribution in [0.5, 0.6) is 0 Å². The largest absolute Gasteiger partial charge is 0.383 e. The van der Waals surface area contributed by atoms with Gasteiger partial charge in [-0.05, 0) is 12.5 Å². The van der Waals surface area contributed by atoms with Gasteiger partial charge in [0.05, 0.1) is 6.61 Å². The number of hydrogen-bond donors (Lipinski definition) is 1. The maximum absolute atomic E-state index is 12.3. The molecule has 0 saturated carbocycles. The van der Waals surface area contributed by atoms with Crippen LogP contribution in [0.25, 0.3) is 0 Å². The number of ether oxygens (including phenoxy) is 1. The minimum atomic E-state index is -2.39. The molecule has 1 atom stereocenters. The van der Waals surface area contributed by atoms with Crippen molar-refractivity contribution in [2.75, 3.05) is 13.7 Å². The summed E-state index contributed by atoms with van der Waals surface area (Å²) in [6, 6.07) is 6.60. The molecule has 0 radical (unpaired) electrons. The highest BCUT2D eigenvalue weighted by atomic mass is 19.3.